The van der Waals surface area contributed by atoms with Gasteiger partial charge in [0.1, 0.15) is 0 Å². The normalized spacial score (nSPS) is 12.0. The van der Waals surface area contributed by atoms with Crippen LogP contribution in [0.5, 0.6) is 0 Å². The van der Waals surface area contributed by atoms with E-state index >= 15 is 0 Å². The first-order chi connectivity index (χ1) is 32.5. The molecule has 0 aliphatic carbocycles. The fraction of sp³-hybridized carbons (Fsp3) is 0.185. The fourth-order valence-corrected chi connectivity index (χ4v) is 14.3. The maximum Gasteiger partial charge on any atom is 0.522 e. The number of benzene rings is 8. The molecule has 0 atom stereocenters. The van der Waals surface area contributed by atoms with Gasteiger partial charge in [-0.05, 0) is 136 Å². The minimum atomic E-state index is -5.84. The Morgan fingerprint density at radius 3 is 0.789 bits per heavy atom. The molecule has 0 aromatic heterocycles. The third-order valence-electron chi connectivity index (χ3n) is 11.0. The first kappa shape index (κ1) is 57.1. The summed E-state index contributed by atoms with van der Waals surface area (Å²) in [5.74, 6) is 0. The molecule has 0 bridgehead atoms. The number of aryl methyl sites for hydroxylation is 8. The van der Waals surface area contributed by atoms with Crippen molar-refractivity contribution in [2.75, 3.05) is 0 Å². The number of fused-ring (bicyclic) bond motifs is 2. The summed E-state index contributed by atoms with van der Waals surface area (Å²) in [4.78, 5) is 0. The first-order valence-electron chi connectivity index (χ1n) is 21.6. The molecule has 0 fully saturated rings. The first-order valence-corrected chi connectivity index (χ1v) is 27.1. The van der Waals surface area contributed by atoms with E-state index in [1.807, 2.05) is 0 Å². The van der Waals surface area contributed by atoms with Crippen LogP contribution in [0.3, 0.4) is 0 Å². The van der Waals surface area contributed by atoms with Crippen molar-refractivity contribution in [3.63, 3.8) is 0 Å². The zero-order chi connectivity index (χ0) is 51.7. The molecule has 0 unspecified atom stereocenters. The van der Waals surface area contributed by atoms with Crippen molar-refractivity contribution in [2.45, 2.75) is 66.4 Å². The van der Waals surface area contributed by atoms with Gasteiger partial charge < -0.3 is 0 Å². The molecular weight excluding hydrogens is 1090 g/mol. The van der Waals surface area contributed by atoms with Gasteiger partial charge in [0.15, 0.2) is 0 Å². The second-order valence-corrected chi connectivity index (χ2v) is 24.5. The number of alkyl halides is 6. The molecule has 376 valence electrons. The van der Waals surface area contributed by atoms with E-state index in [-0.39, 0.29) is 20.4 Å². The van der Waals surface area contributed by atoms with Crippen LogP contribution in [0, 0.1) is 55.4 Å². The molecule has 0 saturated heterocycles. The van der Waals surface area contributed by atoms with Crippen LogP contribution in [0.1, 0.15) is 44.5 Å². The number of hydrogen-bond acceptors (Lipinski definition) is 4. The van der Waals surface area contributed by atoms with Gasteiger partial charge in [-0.25, -0.2) is 0 Å². The average molecular weight is 1140 g/mol. The van der Waals surface area contributed by atoms with E-state index in [4.69, 9.17) is 25.9 Å². The van der Waals surface area contributed by atoms with Gasteiger partial charge in [0.2, 0.25) is 0 Å². The van der Waals surface area contributed by atoms with Gasteiger partial charge in [-0.1, -0.05) is 190 Å². The molecule has 71 heavy (non-hydrogen) atoms. The Bertz CT molecular complexity index is 3080. The van der Waals surface area contributed by atoms with E-state index in [1.165, 1.54) is 109 Å². The van der Waals surface area contributed by atoms with E-state index in [0.717, 1.165) is 0 Å². The van der Waals surface area contributed by atoms with Gasteiger partial charge in [-0.15, -0.1) is 0 Å². The fourth-order valence-electron chi connectivity index (χ4n) is 8.59. The molecule has 0 radical (unpaired) electrons. The minimum absolute atomic E-state index is 0. The Morgan fingerprint density at radius 1 is 0.366 bits per heavy atom. The molecule has 8 aromatic rings. The molecule has 2 N–H and O–H groups in total. The van der Waals surface area contributed by atoms with Crippen LogP contribution in [0.25, 0.3) is 32.7 Å². The van der Waals surface area contributed by atoms with E-state index in [2.05, 4.69) is 201 Å². The summed E-state index contributed by atoms with van der Waals surface area (Å²) < 4.78 is 115. The van der Waals surface area contributed by atoms with Gasteiger partial charge in [0.05, 0.1) is 0 Å². The zero-order valence-corrected chi connectivity index (χ0v) is 44.7. The molecule has 0 amide bonds. The zero-order valence-electron chi connectivity index (χ0n) is 39.7. The van der Waals surface area contributed by atoms with Crippen LogP contribution < -0.4 is 31.8 Å². The SMILES string of the molecule is Cc1cc(C)cc(P(c2cc(C)cc(C)c2)c2ccc3ccccc3c2-c2c(P(c3cc(C)cc(C)c3)c3cc(C)cc(C)c3)ccc3ccccc23)c1.O=S(=O)(O)C(F)(F)F.O=S(=O)(O)C(F)(F)F.[Pd]. The topological polar surface area (TPSA) is 109 Å². The van der Waals surface area contributed by atoms with Crippen molar-refractivity contribution in [2.24, 2.45) is 0 Å². The monoisotopic (exact) mass is 1140 g/mol. The predicted molar refractivity (Wildman–Crippen MR) is 277 cm³/mol. The molecule has 17 heteroatoms. The largest absolute Gasteiger partial charge is 0.522 e. The maximum atomic E-state index is 10.7. The van der Waals surface area contributed by atoms with Gasteiger partial charge in [0.25, 0.3) is 0 Å². The van der Waals surface area contributed by atoms with Crippen LogP contribution in [0.4, 0.5) is 26.3 Å². The number of halogens is 6. The van der Waals surface area contributed by atoms with E-state index in [0.29, 0.717) is 0 Å². The summed E-state index contributed by atoms with van der Waals surface area (Å²) in [5.41, 5.74) is 2.13. The van der Waals surface area contributed by atoms with Crippen molar-refractivity contribution in [3.05, 3.63) is 190 Å². The van der Waals surface area contributed by atoms with Crippen molar-refractivity contribution in [1.82, 2.24) is 0 Å². The van der Waals surface area contributed by atoms with Gasteiger partial charge in [0, 0.05) is 20.4 Å². The average Bonchev–Trinajstić information content (AvgIpc) is 3.22. The Kier molecular flexibility index (Phi) is 18.1. The van der Waals surface area contributed by atoms with Crippen LogP contribution in [-0.2, 0) is 40.7 Å². The molecule has 0 spiro atoms. The van der Waals surface area contributed by atoms with Crippen molar-refractivity contribution in [3.8, 4) is 11.1 Å². The molecule has 8 aromatic carbocycles. The standard InChI is InChI=1S/C52H48P2.2CHF3O3S.Pd/c1-33-21-34(2)26-43(25-33)53(44-27-35(3)22-36(4)28-44)49-19-17-41-13-9-11-15-47(41)51(49)52-48-16-12-10-14-42(48)18-20-50(52)54(45-29-37(5)23-38(6)30-45)46-31-39(7)24-40(8)32-46;2*2-1(3,4)8(5,6)7;/h9-32H,1-8H3;2*(H,5,6,7);. The Labute approximate surface area is 427 Å². The van der Waals surface area contributed by atoms with Crippen LogP contribution in [-0.4, -0.2) is 37.0 Å². The van der Waals surface area contributed by atoms with Gasteiger partial charge in [-0.2, -0.15) is 43.2 Å². The second-order valence-electron chi connectivity index (χ2n) is 17.3. The van der Waals surface area contributed by atoms with E-state index in [9.17, 15) is 26.3 Å². The summed E-state index contributed by atoms with van der Waals surface area (Å²) in [7, 11) is -13.6. The molecule has 0 aliphatic heterocycles. The molecule has 6 nitrogen and oxygen atoms in total. The maximum absolute atomic E-state index is 10.7. The van der Waals surface area contributed by atoms with Gasteiger partial charge >= 0.3 is 31.3 Å². The Morgan fingerprint density at radius 2 is 0.577 bits per heavy atom. The van der Waals surface area contributed by atoms with Crippen LogP contribution in [0.15, 0.2) is 146 Å². The molecule has 0 aliphatic rings. The third-order valence-corrected chi connectivity index (χ3v) is 17.0. The third kappa shape index (κ3) is 13.8. The second kappa shape index (κ2) is 22.5. The van der Waals surface area contributed by atoms with E-state index in [1.54, 1.807) is 0 Å². The van der Waals surface area contributed by atoms with E-state index < -0.39 is 47.1 Å². The molecule has 0 heterocycles. The molecular formula is C54H50F6O6P2PdS2. The van der Waals surface area contributed by atoms with Gasteiger partial charge in [-0.3, -0.25) is 9.11 Å². The Hall–Kier alpha value is -4.80. The minimum Gasteiger partial charge on any atom is -0.279 e. The predicted octanol–water partition coefficient (Wildman–Crippen LogP) is 12.4. The number of hydrogen-bond donors (Lipinski definition) is 2. The summed E-state index contributed by atoms with van der Waals surface area (Å²) >= 11 is 0. The van der Waals surface area contributed by atoms with Crippen molar-refractivity contribution < 1.29 is 72.7 Å². The molecule has 0 saturated carbocycles. The Balaban J connectivity index is 0.000000476. The summed E-state index contributed by atoms with van der Waals surface area (Å²) in [6, 6.07) is 56.6. The van der Waals surface area contributed by atoms with Crippen molar-refractivity contribution >= 4 is 89.5 Å². The summed E-state index contributed by atoms with van der Waals surface area (Å²) in [6.45, 7) is 18.0. The van der Waals surface area contributed by atoms with Crippen molar-refractivity contribution in [1.29, 1.82) is 0 Å². The quantitative estimate of drug-likeness (QED) is 0.0541. The van der Waals surface area contributed by atoms with Crippen LogP contribution >= 0.6 is 15.8 Å². The summed E-state index contributed by atoms with van der Waals surface area (Å²) in [5, 5.41) is 13.6. The molecule has 8 rings (SSSR count). The summed E-state index contributed by atoms with van der Waals surface area (Å²) in [6.07, 6.45) is 0. The van der Waals surface area contributed by atoms with Crippen LogP contribution in [0.2, 0.25) is 0 Å². The number of rotatable bonds is 7. The smallest absolute Gasteiger partial charge is 0.279 e.